The zero-order valence-electron chi connectivity index (χ0n) is 18.3. The van der Waals surface area contributed by atoms with Crippen LogP contribution in [0.25, 0.3) is 11.0 Å². The van der Waals surface area contributed by atoms with Crippen LogP contribution in [-0.2, 0) is 21.3 Å². The number of amides is 1. The van der Waals surface area contributed by atoms with Gasteiger partial charge in [0, 0.05) is 25.6 Å². The van der Waals surface area contributed by atoms with E-state index in [-0.39, 0.29) is 18.2 Å². The second-order valence-corrected chi connectivity index (χ2v) is 9.45. The van der Waals surface area contributed by atoms with Gasteiger partial charge in [-0.3, -0.25) is 4.79 Å². The van der Waals surface area contributed by atoms with Crippen molar-refractivity contribution in [3.63, 3.8) is 0 Å². The number of aromatic nitrogens is 2. The van der Waals surface area contributed by atoms with Crippen LogP contribution in [0.4, 0.5) is 11.4 Å². The van der Waals surface area contributed by atoms with Crippen LogP contribution in [0, 0.1) is 23.7 Å². The van der Waals surface area contributed by atoms with Crippen molar-refractivity contribution in [2.45, 2.75) is 38.1 Å². The van der Waals surface area contributed by atoms with Gasteiger partial charge in [0.2, 0.25) is 5.91 Å². The summed E-state index contributed by atoms with van der Waals surface area (Å²) in [6.07, 6.45) is 8.58. The molecule has 8 nitrogen and oxygen atoms in total. The Bertz CT molecular complexity index is 1000. The summed E-state index contributed by atoms with van der Waals surface area (Å²) < 4.78 is 11.6. The normalized spacial score (nSPS) is 28.7. The lowest BCUT2D eigenvalue weighted by molar-refractivity contribution is -0.119. The van der Waals surface area contributed by atoms with E-state index in [1.165, 1.54) is 46.3 Å². The number of hydrogen-bond donors (Lipinski definition) is 2. The largest absolute Gasteiger partial charge is 0.464 e. The fraction of sp³-hybridized carbons (Fsp3) is 0.609. The van der Waals surface area contributed by atoms with Gasteiger partial charge in [0.1, 0.15) is 12.3 Å². The first-order valence-corrected chi connectivity index (χ1v) is 11.1. The maximum absolute atomic E-state index is 12.5. The number of aryl methyl sites for hydroxylation is 1. The zero-order chi connectivity index (χ0) is 21.7. The van der Waals surface area contributed by atoms with Crippen LogP contribution in [-0.4, -0.2) is 48.3 Å². The Labute approximate surface area is 181 Å². The van der Waals surface area contributed by atoms with Crippen molar-refractivity contribution in [3.05, 3.63) is 18.0 Å². The lowest BCUT2D eigenvalue weighted by Gasteiger charge is -2.54. The van der Waals surface area contributed by atoms with E-state index in [1.807, 2.05) is 12.3 Å². The number of nitrogens with zero attached hydrogens (tertiary/aromatic N) is 2. The number of rotatable bonds is 6. The monoisotopic (exact) mass is 426 g/mol. The lowest BCUT2D eigenvalue weighted by Crippen LogP contribution is -2.51. The van der Waals surface area contributed by atoms with Crippen molar-refractivity contribution in [3.8, 4) is 0 Å². The fourth-order valence-electron chi connectivity index (χ4n) is 6.51. The number of esters is 1. The number of carbonyl (C=O) groups excluding carboxylic acids is 2. The Balaban J connectivity index is 1.49. The molecule has 0 saturated heterocycles. The first-order chi connectivity index (χ1) is 15.0. The second kappa shape index (κ2) is 7.82. The van der Waals surface area contributed by atoms with Crippen LogP contribution in [0.3, 0.4) is 0 Å². The number of ether oxygens (including phenoxy) is 2. The molecule has 2 aromatic heterocycles. The second-order valence-electron chi connectivity index (χ2n) is 9.45. The minimum Gasteiger partial charge on any atom is -0.464 e. The SMILES string of the molecule is COCC(=O)Nc1c(C(=O)OC)n(C)c2ncc(NC3C4CC5CC(C4)CC3C5)cc12. The van der Waals surface area contributed by atoms with Gasteiger partial charge >= 0.3 is 5.97 Å². The molecule has 0 spiro atoms. The molecule has 0 aliphatic heterocycles. The molecular weight excluding hydrogens is 396 g/mol. The molecule has 4 aliphatic carbocycles. The summed E-state index contributed by atoms with van der Waals surface area (Å²) in [6.45, 7) is -0.101. The van der Waals surface area contributed by atoms with Crippen LogP contribution in [0.15, 0.2) is 12.3 Å². The Kier molecular flexibility index (Phi) is 5.12. The van der Waals surface area contributed by atoms with Gasteiger partial charge in [-0.15, -0.1) is 0 Å². The molecule has 1 amide bonds. The standard InChI is InChI=1S/C23H30N4O4/c1-27-21(23(29)31-3)20(26-18(28)11-30-2)17-9-16(10-24-22(17)27)25-19-14-5-12-4-13(7-14)8-15(19)6-12/h9-10,12-15,19,25H,4-8,11H2,1-3H3,(H,26,28). The zero-order valence-corrected chi connectivity index (χ0v) is 18.3. The van der Waals surface area contributed by atoms with E-state index in [0.717, 1.165) is 29.4 Å². The molecule has 2 aromatic rings. The first kappa shape index (κ1) is 20.3. The molecule has 6 rings (SSSR count). The van der Waals surface area contributed by atoms with Gasteiger partial charge in [-0.1, -0.05) is 0 Å². The van der Waals surface area contributed by atoms with Gasteiger partial charge in [-0.05, 0) is 61.8 Å². The van der Waals surface area contributed by atoms with Gasteiger partial charge in [0.05, 0.1) is 24.7 Å². The highest BCUT2D eigenvalue weighted by Gasteiger charge is 2.48. The van der Waals surface area contributed by atoms with E-state index in [1.54, 1.807) is 11.6 Å². The number of nitrogens with one attached hydrogen (secondary N) is 2. The van der Waals surface area contributed by atoms with Crippen molar-refractivity contribution in [1.82, 2.24) is 9.55 Å². The summed E-state index contributed by atoms with van der Waals surface area (Å²) in [5.41, 5.74) is 2.21. The highest BCUT2D eigenvalue weighted by Crippen LogP contribution is 2.54. The number of fused-ring (bicyclic) bond motifs is 1. The number of pyridine rings is 1. The Morgan fingerprint density at radius 3 is 2.42 bits per heavy atom. The molecular formula is C23H30N4O4. The molecule has 2 N–H and O–H groups in total. The first-order valence-electron chi connectivity index (χ1n) is 11.1. The molecule has 8 heteroatoms. The van der Waals surface area contributed by atoms with E-state index >= 15 is 0 Å². The fourth-order valence-corrected chi connectivity index (χ4v) is 6.51. The molecule has 0 radical (unpaired) electrons. The number of carbonyl (C=O) groups is 2. The quantitative estimate of drug-likeness (QED) is 0.689. The lowest BCUT2D eigenvalue weighted by atomic mass is 9.54. The van der Waals surface area contributed by atoms with Gasteiger partial charge < -0.3 is 24.7 Å². The predicted molar refractivity (Wildman–Crippen MR) is 117 cm³/mol. The summed E-state index contributed by atoms with van der Waals surface area (Å²) >= 11 is 0. The summed E-state index contributed by atoms with van der Waals surface area (Å²) in [6, 6.07) is 2.46. The maximum atomic E-state index is 12.5. The smallest absolute Gasteiger partial charge is 0.356 e. The summed E-state index contributed by atoms with van der Waals surface area (Å²) in [5, 5.41) is 7.30. The Morgan fingerprint density at radius 2 is 1.81 bits per heavy atom. The minimum atomic E-state index is -0.524. The van der Waals surface area contributed by atoms with Gasteiger partial charge in [0.15, 0.2) is 5.69 Å². The van der Waals surface area contributed by atoms with Crippen LogP contribution >= 0.6 is 0 Å². The average molecular weight is 427 g/mol. The predicted octanol–water partition coefficient (Wildman–Crippen LogP) is 3.18. The van der Waals surface area contributed by atoms with E-state index in [4.69, 9.17) is 9.47 Å². The molecule has 2 heterocycles. The van der Waals surface area contributed by atoms with E-state index in [2.05, 4.69) is 15.6 Å². The maximum Gasteiger partial charge on any atom is 0.356 e. The van der Waals surface area contributed by atoms with Crippen molar-refractivity contribution < 1.29 is 19.1 Å². The Morgan fingerprint density at radius 1 is 1.13 bits per heavy atom. The molecule has 0 atom stereocenters. The molecule has 0 aromatic carbocycles. The molecule has 4 fully saturated rings. The highest BCUT2D eigenvalue weighted by atomic mass is 16.5. The van der Waals surface area contributed by atoms with Gasteiger partial charge in [0.25, 0.3) is 0 Å². The molecule has 0 unspecified atom stereocenters. The number of methoxy groups -OCH3 is 2. The summed E-state index contributed by atoms with van der Waals surface area (Å²) in [4.78, 5) is 29.4. The summed E-state index contributed by atoms with van der Waals surface area (Å²) in [5.74, 6) is 2.44. The molecule has 31 heavy (non-hydrogen) atoms. The van der Waals surface area contributed by atoms with Crippen molar-refractivity contribution in [2.75, 3.05) is 31.5 Å². The van der Waals surface area contributed by atoms with Crippen LogP contribution in [0.1, 0.15) is 42.6 Å². The van der Waals surface area contributed by atoms with Gasteiger partial charge in [-0.25, -0.2) is 9.78 Å². The minimum absolute atomic E-state index is 0.101. The molecule has 166 valence electrons. The van der Waals surface area contributed by atoms with Crippen LogP contribution < -0.4 is 10.6 Å². The van der Waals surface area contributed by atoms with E-state index < -0.39 is 5.97 Å². The third kappa shape index (κ3) is 3.46. The van der Waals surface area contributed by atoms with Crippen molar-refractivity contribution in [1.29, 1.82) is 0 Å². The van der Waals surface area contributed by atoms with Gasteiger partial charge in [-0.2, -0.15) is 0 Å². The number of anilines is 2. The topological polar surface area (TPSA) is 94.5 Å². The highest BCUT2D eigenvalue weighted by molar-refractivity contribution is 6.11. The van der Waals surface area contributed by atoms with Crippen LogP contribution in [0.5, 0.6) is 0 Å². The number of hydrogen-bond acceptors (Lipinski definition) is 6. The molecule has 4 aliphatic rings. The van der Waals surface area contributed by atoms with E-state index in [0.29, 0.717) is 22.8 Å². The molecule has 4 bridgehead atoms. The molecule has 4 saturated carbocycles. The third-order valence-corrected chi connectivity index (χ3v) is 7.50. The average Bonchev–Trinajstić information content (AvgIpc) is 3.01. The van der Waals surface area contributed by atoms with Crippen LogP contribution in [0.2, 0.25) is 0 Å². The Hall–Kier alpha value is -2.61. The third-order valence-electron chi connectivity index (χ3n) is 7.50. The van der Waals surface area contributed by atoms with E-state index in [9.17, 15) is 9.59 Å². The summed E-state index contributed by atoms with van der Waals surface area (Å²) in [7, 11) is 4.53. The van der Waals surface area contributed by atoms with Crippen molar-refractivity contribution >= 4 is 34.3 Å². The van der Waals surface area contributed by atoms with Crippen molar-refractivity contribution in [2.24, 2.45) is 30.7 Å².